The minimum atomic E-state index is -3.98. The zero-order valence-electron chi connectivity index (χ0n) is 13.4. The molecule has 25 heavy (non-hydrogen) atoms. The molecule has 2 aromatic carbocycles. The Bertz CT molecular complexity index is 1020. The molecule has 1 heterocycles. The van der Waals surface area contributed by atoms with Crippen molar-refractivity contribution in [2.75, 3.05) is 12.4 Å². The summed E-state index contributed by atoms with van der Waals surface area (Å²) in [5, 5.41) is 12.9. The molecule has 0 aromatic heterocycles. The van der Waals surface area contributed by atoms with Gasteiger partial charge >= 0.3 is 0 Å². The van der Waals surface area contributed by atoms with E-state index in [-0.39, 0.29) is 16.1 Å². The van der Waals surface area contributed by atoms with Crippen LogP contribution in [0.3, 0.4) is 0 Å². The van der Waals surface area contributed by atoms with Crippen molar-refractivity contribution in [1.82, 2.24) is 4.31 Å². The quantitative estimate of drug-likeness (QED) is 0.860. The molecule has 0 atom stereocenters. The molecule has 2 N–H and O–H groups in total. The lowest BCUT2D eigenvalue weighted by Crippen LogP contribution is -2.37. The van der Waals surface area contributed by atoms with Gasteiger partial charge in [0.25, 0.3) is 15.9 Å². The summed E-state index contributed by atoms with van der Waals surface area (Å²) >= 11 is 0. The number of rotatable bonds is 2. The predicted molar refractivity (Wildman–Crippen MR) is 90.7 cm³/mol. The van der Waals surface area contributed by atoms with E-state index in [0.717, 1.165) is 6.07 Å². The Kier molecular flexibility index (Phi) is 4.00. The van der Waals surface area contributed by atoms with Crippen LogP contribution < -0.4 is 5.32 Å². The summed E-state index contributed by atoms with van der Waals surface area (Å²) < 4.78 is 39.3. The number of sulfonamides is 1. The molecule has 1 amide bonds. The zero-order chi connectivity index (χ0) is 18.4. The van der Waals surface area contributed by atoms with E-state index in [1.54, 1.807) is 13.0 Å². The van der Waals surface area contributed by atoms with Crippen LogP contribution in [0.1, 0.15) is 11.1 Å². The standard InChI is InChI=1S/C17H15FN2O4S/c1-10-7-8-11(18)9-13(10)19-17(22)15-16(21)12-5-3-4-6-14(12)25(23,24)20(15)2/h3-9,21H,1-2H3,(H,19,22). The van der Waals surface area contributed by atoms with Crippen LogP contribution in [-0.4, -0.2) is 30.8 Å². The van der Waals surface area contributed by atoms with Gasteiger partial charge in [0.05, 0.1) is 4.90 Å². The summed E-state index contributed by atoms with van der Waals surface area (Å²) in [5.41, 5.74) is 0.399. The van der Waals surface area contributed by atoms with Crippen LogP contribution in [0.15, 0.2) is 53.1 Å². The van der Waals surface area contributed by atoms with Gasteiger partial charge in [-0.2, -0.15) is 0 Å². The Labute approximate surface area is 144 Å². The lowest BCUT2D eigenvalue weighted by atomic mass is 10.1. The molecule has 6 nitrogen and oxygen atoms in total. The van der Waals surface area contributed by atoms with Gasteiger partial charge in [0.15, 0.2) is 11.5 Å². The maximum atomic E-state index is 13.4. The fraction of sp³-hybridized carbons (Fsp3) is 0.118. The maximum Gasteiger partial charge on any atom is 0.276 e. The number of hydrogen-bond donors (Lipinski definition) is 2. The molecular formula is C17H15FN2O4S. The number of amides is 1. The number of fused-ring (bicyclic) bond motifs is 1. The first-order valence-electron chi connectivity index (χ1n) is 7.32. The summed E-state index contributed by atoms with van der Waals surface area (Å²) in [5.74, 6) is -1.86. The van der Waals surface area contributed by atoms with E-state index in [1.165, 1.54) is 37.4 Å². The minimum Gasteiger partial charge on any atom is -0.505 e. The van der Waals surface area contributed by atoms with Crippen molar-refractivity contribution in [3.8, 4) is 0 Å². The molecule has 0 spiro atoms. The topological polar surface area (TPSA) is 86.7 Å². The number of aliphatic hydroxyl groups excluding tert-OH is 1. The molecule has 130 valence electrons. The maximum absolute atomic E-state index is 13.4. The number of benzene rings is 2. The third kappa shape index (κ3) is 2.74. The highest BCUT2D eigenvalue weighted by atomic mass is 32.2. The van der Waals surface area contributed by atoms with Crippen LogP contribution >= 0.6 is 0 Å². The van der Waals surface area contributed by atoms with Gasteiger partial charge in [-0.3, -0.25) is 9.10 Å². The molecule has 0 radical (unpaired) electrons. The molecule has 0 saturated carbocycles. The Morgan fingerprint density at radius 3 is 2.60 bits per heavy atom. The average Bonchev–Trinajstić information content (AvgIpc) is 2.57. The van der Waals surface area contributed by atoms with Crippen molar-refractivity contribution in [2.45, 2.75) is 11.8 Å². The Morgan fingerprint density at radius 1 is 1.20 bits per heavy atom. The van der Waals surface area contributed by atoms with Crippen LogP contribution in [0.25, 0.3) is 5.76 Å². The third-order valence-corrected chi connectivity index (χ3v) is 5.80. The summed E-state index contributed by atoms with van der Waals surface area (Å²) in [7, 11) is -2.80. The van der Waals surface area contributed by atoms with Crippen LogP contribution in [-0.2, 0) is 14.8 Å². The first kappa shape index (κ1) is 17.0. The summed E-state index contributed by atoms with van der Waals surface area (Å²) in [6, 6.07) is 9.70. The Hall–Kier alpha value is -2.87. The molecule has 8 heteroatoms. The van der Waals surface area contributed by atoms with Crippen molar-refractivity contribution in [2.24, 2.45) is 0 Å². The normalized spacial score (nSPS) is 15.7. The molecule has 0 fully saturated rings. The lowest BCUT2D eigenvalue weighted by Gasteiger charge is -2.28. The first-order chi connectivity index (χ1) is 11.7. The SMILES string of the molecule is Cc1ccc(F)cc1NC(=O)C1=C(O)c2ccccc2S(=O)(=O)N1C. The summed E-state index contributed by atoms with van der Waals surface area (Å²) in [4.78, 5) is 12.5. The molecule has 3 rings (SSSR count). The molecule has 1 aliphatic heterocycles. The summed E-state index contributed by atoms with van der Waals surface area (Å²) in [6.45, 7) is 1.67. The number of likely N-dealkylation sites (N-methyl/N-ethyl adjacent to an activating group) is 1. The van der Waals surface area contributed by atoms with E-state index in [4.69, 9.17) is 0 Å². The number of anilines is 1. The van der Waals surface area contributed by atoms with Crippen molar-refractivity contribution < 1.29 is 22.7 Å². The van der Waals surface area contributed by atoms with Gasteiger partial charge in [0, 0.05) is 18.3 Å². The van der Waals surface area contributed by atoms with Gasteiger partial charge in [0.1, 0.15) is 5.82 Å². The van der Waals surface area contributed by atoms with Crippen molar-refractivity contribution in [1.29, 1.82) is 0 Å². The fourth-order valence-corrected chi connectivity index (χ4v) is 3.99. The van der Waals surface area contributed by atoms with E-state index in [9.17, 15) is 22.7 Å². The number of carbonyl (C=O) groups is 1. The van der Waals surface area contributed by atoms with Crippen molar-refractivity contribution in [3.05, 3.63) is 65.1 Å². The number of nitrogens with zero attached hydrogens (tertiary/aromatic N) is 1. The number of carbonyl (C=O) groups excluding carboxylic acids is 1. The molecular weight excluding hydrogens is 347 g/mol. The molecule has 0 aliphatic carbocycles. The monoisotopic (exact) mass is 362 g/mol. The van der Waals surface area contributed by atoms with Crippen LogP contribution in [0.5, 0.6) is 0 Å². The van der Waals surface area contributed by atoms with Gasteiger partial charge in [0.2, 0.25) is 0 Å². The van der Waals surface area contributed by atoms with Crippen LogP contribution in [0.2, 0.25) is 0 Å². The highest BCUT2D eigenvalue weighted by molar-refractivity contribution is 7.89. The molecule has 0 saturated heterocycles. The first-order valence-corrected chi connectivity index (χ1v) is 8.76. The van der Waals surface area contributed by atoms with E-state index in [2.05, 4.69) is 5.32 Å². The summed E-state index contributed by atoms with van der Waals surface area (Å²) in [6.07, 6.45) is 0. The zero-order valence-corrected chi connectivity index (χ0v) is 14.3. The second kappa shape index (κ2) is 5.89. The van der Waals surface area contributed by atoms with Crippen molar-refractivity contribution in [3.63, 3.8) is 0 Å². The van der Waals surface area contributed by atoms with E-state index in [1.807, 2.05) is 0 Å². The Balaban J connectivity index is 2.09. The number of aliphatic hydroxyl groups is 1. The fourth-order valence-electron chi connectivity index (χ4n) is 2.59. The third-order valence-electron chi connectivity index (χ3n) is 3.98. The molecule has 1 aliphatic rings. The number of nitrogens with one attached hydrogen (secondary N) is 1. The number of halogens is 1. The highest BCUT2D eigenvalue weighted by Gasteiger charge is 2.37. The second-order valence-electron chi connectivity index (χ2n) is 5.58. The Morgan fingerprint density at radius 2 is 1.88 bits per heavy atom. The molecule has 0 unspecified atom stereocenters. The second-order valence-corrected chi connectivity index (χ2v) is 7.52. The smallest absolute Gasteiger partial charge is 0.276 e. The van der Waals surface area contributed by atoms with Gasteiger partial charge in [-0.05, 0) is 36.8 Å². The highest BCUT2D eigenvalue weighted by Crippen LogP contribution is 2.34. The number of aryl methyl sites for hydroxylation is 1. The van der Waals surface area contributed by atoms with Crippen LogP contribution in [0, 0.1) is 12.7 Å². The molecule has 2 aromatic rings. The van der Waals surface area contributed by atoms with Gasteiger partial charge < -0.3 is 10.4 Å². The average molecular weight is 362 g/mol. The van der Waals surface area contributed by atoms with Gasteiger partial charge in [-0.25, -0.2) is 12.8 Å². The predicted octanol–water partition coefficient (Wildman–Crippen LogP) is 2.63. The largest absolute Gasteiger partial charge is 0.505 e. The van der Waals surface area contributed by atoms with Crippen LogP contribution in [0.4, 0.5) is 10.1 Å². The van der Waals surface area contributed by atoms with E-state index >= 15 is 0 Å². The van der Waals surface area contributed by atoms with E-state index in [0.29, 0.717) is 9.87 Å². The molecule has 0 bridgehead atoms. The minimum absolute atomic E-state index is 0.0433. The van der Waals surface area contributed by atoms with E-state index < -0.39 is 33.2 Å². The van der Waals surface area contributed by atoms with Crippen molar-refractivity contribution >= 4 is 27.4 Å². The van der Waals surface area contributed by atoms with Gasteiger partial charge in [-0.15, -0.1) is 0 Å². The number of hydrogen-bond acceptors (Lipinski definition) is 4. The van der Waals surface area contributed by atoms with Gasteiger partial charge in [-0.1, -0.05) is 18.2 Å². The lowest BCUT2D eigenvalue weighted by molar-refractivity contribution is -0.113.